The van der Waals surface area contributed by atoms with Crippen LogP contribution in [0.3, 0.4) is 0 Å². The predicted molar refractivity (Wildman–Crippen MR) is 82.3 cm³/mol. The molecule has 1 nitrogen and oxygen atoms in total. The maximum Gasteiger partial charge on any atom is 0.159 e. The Morgan fingerprint density at radius 2 is 2.00 bits per heavy atom. The standard InChI is InChI=1S/C17H19F2NS/c18-14-8-7-13(11-15(14)19)12-20-9-3-1-2-5-16(20)17-6-4-10-21-17/h4,6-8,10-11,16H,1-3,5,9,12H2. The zero-order valence-corrected chi connectivity index (χ0v) is 12.7. The number of benzene rings is 1. The molecule has 1 aromatic heterocycles. The second-order valence-corrected chi connectivity index (χ2v) is 6.58. The second-order valence-electron chi connectivity index (χ2n) is 5.60. The fraction of sp³-hybridized carbons (Fsp3) is 0.412. The molecule has 0 spiro atoms. The van der Waals surface area contributed by atoms with E-state index in [1.165, 1.54) is 36.3 Å². The van der Waals surface area contributed by atoms with Crippen molar-refractivity contribution in [3.05, 3.63) is 57.8 Å². The van der Waals surface area contributed by atoms with Crippen LogP contribution in [0.25, 0.3) is 0 Å². The second kappa shape index (κ2) is 6.67. The molecule has 1 aliphatic rings. The largest absolute Gasteiger partial charge is 0.291 e. The third-order valence-electron chi connectivity index (χ3n) is 4.10. The Kier molecular flexibility index (Phi) is 4.66. The quantitative estimate of drug-likeness (QED) is 0.758. The molecule has 2 aromatic rings. The molecule has 0 N–H and O–H groups in total. The van der Waals surface area contributed by atoms with Gasteiger partial charge in [0.05, 0.1) is 0 Å². The molecule has 1 atom stereocenters. The van der Waals surface area contributed by atoms with E-state index < -0.39 is 11.6 Å². The fourth-order valence-electron chi connectivity index (χ4n) is 3.03. The summed E-state index contributed by atoms with van der Waals surface area (Å²) in [5.74, 6) is -1.53. The summed E-state index contributed by atoms with van der Waals surface area (Å²) < 4.78 is 26.4. The van der Waals surface area contributed by atoms with Gasteiger partial charge in [0, 0.05) is 17.5 Å². The lowest BCUT2D eigenvalue weighted by Crippen LogP contribution is -2.27. The minimum Gasteiger partial charge on any atom is -0.291 e. The van der Waals surface area contributed by atoms with Crippen LogP contribution in [0.5, 0.6) is 0 Å². The lowest BCUT2D eigenvalue weighted by atomic mass is 10.1. The fourth-order valence-corrected chi connectivity index (χ4v) is 3.93. The SMILES string of the molecule is Fc1ccc(CN2CCCCCC2c2cccs2)cc1F. The van der Waals surface area contributed by atoms with Gasteiger partial charge in [-0.25, -0.2) is 8.78 Å². The van der Waals surface area contributed by atoms with Gasteiger partial charge in [0.15, 0.2) is 11.6 Å². The average molecular weight is 307 g/mol. The Balaban J connectivity index is 1.81. The molecule has 1 fully saturated rings. The molecule has 1 saturated heterocycles. The summed E-state index contributed by atoms with van der Waals surface area (Å²) in [4.78, 5) is 3.78. The number of rotatable bonds is 3. The average Bonchev–Trinajstić information content (AvgIpc) is 2.91. The molecule has 112 valence electrons. The van der Waals surface area contributed by atoms with E-state index in [9.17, 15) is 8.78 Å². The first-order valence-corrected chi connectivity index (χ1v) is 8.33. The van der Waals surface area contributed by atoms with Crippen LogP contribution in [0, 0.1) is 11.6 Å². The molecule has 0 bridgehead atoms. The summed E-state index contributed by atoms with van der Waals surface area (Å²) in [6.45, 7) is 1.70. The highest BCUT2D eigenvalue weighted by Gasteiger charge is 2.23. The van der Waals surface area contributed by atoms with Gasteiger partial charge in [0.2, 0.25) is 0 Å². The van der Waals surface area contributed by atoms with Crippen LogP contribution in [0.15, 0.2) is 35.7 Å². The van der Waals surface area contributed by atoms with Crippen LogP contribution >= 0.6 is 11.3 Å². The summed E-state index contributed by atoms with van der Waals surface area (Å²) in [5.41, 5.74) is 0.845. The maximum absolute atomic E-state index is 13.4. The van der Waals surface area contributed by atoms with Gasteiger partial charge in [-0.15, -0.1) is 11.3 Å². The highest BCUT2D eigenvalue weighted by Crippen LogP contribution is 2.33. The van der Waals surface area contributed by atoms with Crippen molar-refractivity contribution in [3.63, 3.8) is 0 Å². The lowest BCUT2D eigenvalue weighted by Gasteiger charge is -2.29. The summed E-state index contributed by atoms with van der Waals surface area (Å²) in [6.07, 6.45) is 4.79. The molecule has 3 rings (SSSR count). The van der Waals surface area contributed by atoms with E-state index in [-0.39, 0.29) is 0 Å². The van der Waals surface area contributed by atoms with Gasteiger partial charge < -0.3 is 0 Å². The summed E-state index contributed by atoms with van der Waals surface area (Å²) >= 11 is 1.78. The normalized spacial score (nSPS) is 20.4. The first-order valence-electron chi connectivity index (χ1n) is 7.45. The minimum absolute atomic E-state index is 0.403. The molecule has 2 heterocycles. The van der Waals surface area contributed by atoms with Crippen LogP contribution in [0.2, 0.25) is 0 Å². The van der Waals surface area contributed by atoms with Crippen LogP contribution < -0.4 is 0 Å². The molecule has 21 heavy (non-hydrogen) atoms. The lowest BCUT2D eigenvalue weighted by molar-refractivity contribution is 0.195. The maximum atomic E-state index is 13.4. The van der Waals surface area contributed by atoms with E-state index in [4.69, 9.17) is 0 Å². The van der Waals surface area contributed by atoms with Crippen LogP contribution in [-0.4, -0.2) is 11.4 Å². The first kappa shape index (κ1) is 14.7. The number of hydrogen-bond donors (Lipinski definition) is 0. The van der Waals surface area contributed by atoms with E-state index >= 15 is 0 Å². The van der Waals surface area contributed by atoms with Gasteiger partial charge >= 0.3 is 0 Å². The number of nitrogens with zero attached hydrogens (tertiary/aromatic N) is 1. The van der Waals surface area contributed by atoms with Crippen molar-refractivity contribution in [3.8, 4) is 0 Å². The molecule has 1 unspecified atom stereocenters. The molecule has 0 radical (unpaired) electrons. The third-order valence-corrected chi connectivity index (χ3v) is 5.08. The van der Waals surface area contributed by atoms with E-state index in [0.29, 0.717) is 12.6 Å². The van der Waals surface area contributed by atoms with Gasteiger partial charge in [-0.3, -0.25) is 4.90 Å². The minimum atomic E-state index is -0.774. The van der Waals surface area contributed by atoms with Crippen molar-refractivity contribution >= 4 is 11.3 Å². The zero-order chi connectivity index (χ0) is 14.7. The summed E-state index contributed by atoms with van der Waals surface area (Å²) in [7, 11) is 0. The molecule has 1 aromatic carbocycles. The topological polar surface area (TPSA) is 3.24 Å². The number of thiophene rings is 1. The Morgan fingerprint density at radius 1 is 1.10 bits per heavy atom. The zero-order valence-electron chi connectivity index (χ0n) is 11.9. The molecule has 0 amide bonds. The summed E-state index contributed by atoms with van der Waals surface area (Å²) in [5, 5.41) is 2.11. The first-order chi connectivity index (χ1) is 10.2. The van der Waals surface area contributed by atoms with Gasteiger partial charge in [0.1, 0.15) is 0 Å². The monoisotopic (exact) mass is 307 g/mol. The van der Waals surface area contributed by atoms with Crippen molar-refractivity contribution in [1.82, 2.24) is 4.90 Å². The molecular weight excluding hydrogens is 288 g/mol. The highest BCUT2D eigenvalue weighted by molar-refractivity contribution is 7.10. The van der Waals surface area contributed by atoms with Crippen molar-refractivity contribution < 1.29 is 8.78 Å². The van der Waals surface area contributed by atoms with E-state index in [0.717, 1.165) is 18.5 Å². The van der Waals surface area contributed by atoms with Gasteiger partial charge in [-0.1, -0.05) is 25.0 Å². The van der Waals surface area contributed by atoms with E-state index in [1.807, 2.05) is 0 Å². The molecule has 4 heteroatoms. The molecule has 0 saturated carbocycles. The molecular formula is C17H19F2NS. The third kappa shape index (κ3) is 3.50. The smallest absolute Gasteiger partial charge is 0.159 e. The van der Waals surface area contributed by atoms with Crippen molar-refractivity contribution in [2.45, 2.75) is 38.3 Å². The highest BCUT2D eigenvalue weighted by atomic mass is 32.1. The van der Waals surface area contributed by atoms with Crippen LogP contribution in [-0.2, 0) is 6.54 Å². The van der Waals surface area contributed by atoms with Gasteiger partial charge in [-0.2, -0.15) is 0 Å². The molecule has 0 aliphatic carbocycles. The van der Waals surface area contributed by atoms with E-state index in [1.54, 1.807) is 17.4 Å². The number of halogens is 2. The Bertz CT molecular complexity index is 582. The molecule has 1 aliphatic heterocycles. The Morgan fingerprint density at radius 3 is 2.76 bits per heavy atom. The Hall–Kier alpha value is -1.26. The van der Waals surface area contributed by atoms with Gasteiger partial charge in [-0.05, 0) is 48.5 Å². The van der Waals surface area contributed by atoms with Crippen molar-refractivity contribution in [2.24, 2.45) is 0 Å². The van der Waals surface area contributed by atoms with Crippen molar-refractivity contribution in [2.75, 3.05) is 6.54 Å². The van der Waals surface area contributed by atoms with Crippen LogP contribution in [0.1, 0.15) is 42.2 Å². The van der Waals surface area contributed by atoms with E-state index in [2.05, 4.69) is 22.4 Å². The van der Waals surface area contributed by atoms with Crippen molar-refractivity contribution in [1.29, 1.82) is 0 Å². The number of hydrogen-bond acceptors (Lipinski definition) is 2. The summed E-state index contributed by atoms with van der Waals surface area (Å²) in [6, 6.07) is 8.91. The predicted octanol–water partition coefficient (Wildman–Crippen LogP) is 5.14. The Labute approximate surface area is 128 Å². The number of likely N-dealkylation sites (tertiary alicyclic amines) is 1. The van der Waals surface area contributed by atoms with Gasteiger partial charge in [0.25, 0.3) is 0 Å². The van der Waals surface area contributed by atoms with Crippen LogP contribution in [0.4, 0.5) is 8.78 Å².